The molecule has 3 rings (SSSR count). The van der Waals surface area contributed by atoms with E-state index in [0.717, 1.165) is 12.8 Å². The minimum Gasteiger partial charge on any atom is -0.481 e. The molecule has 3 fully saturated rings. The van der Waals surface area contributed by atoms with Gasteiger partial charge < -0.3 is 10.4 Å². The van der Waals surface area contributed by atoms with Gasteiger partial charge in [-0.05, 0) is 56.3 Å². The number of fused-ring (bicyclic) bond motifs is 2. The number of nitrogens with one attached hydrogen (secondary N) is 1. The Bertz CT molecular complexity index is 470. The van der Waals surface area contributed by atoms with Crippen molar-refractivity contribution >= 4 is 11.9 Å². The predicted molar refractivity (Wildman–Crippen MR) is 77.6 cm³/mol. The third-order valence-electron chi connectivity index (χ3n) is 4.89. The highest BCUT2D eigenvalue weighted by Gasteiger charge is 2.48. The lowest BCUT2D eigenvalue weighted by molar-refractivity contribution is -0.176. The number of carbonyl (C=O) groups excluding carboxylic acids is 1. The molecule has 0 aliphatic heterocycles. The molecule has 3 aliphatic rings. The third-order valence-corrected chi connectivity index (χ3v) is 4.89. The maximum Gasteiger partial charge on any atom is 0.471 e. The van der Waals surface area contributed by atoms with Crippen LogP contribution in [-0.4, -0.2) is 29.2 Å². The summed E-state index contributed by atoms with van der Waals surface area (Å²) in [5.74, 6) is -1.81. The van der Waals surface area contributed by atoms with Gasteiger partial charge in [0, 0.05) is 12.5 Å². The summed E-state index contributed by atoms with van der Waals surface area (Å²) < 4.78 is 37.3. The first kappa shape index (κ1) is 17.8. The number of halogens is 3. The Labute approximate surface area is 133 Å². The van der Waals surface area contributed by atoms with E-state index in [1.54, 1.807) is 0 Å². The van der Waals surface area contributed by atoms with Crippen LogP contribution < -0.4 is 5.32 Å². The summed E-state index contributed by atoms with van der Waals surface area (Å²) in [6.45, 7) is 0. The molecule has 7 heteroatoms. The highest BCUT2D eigenvalue weighted by atomic mass is 19.4. The normalized spacial score (nSPS) is 30.0. The molecule has 3 aliphatic carbocycles. The zero-order valence-corrected chi connectivity index (χ0v) is 12.8. The number of aliphatic carboxylic acids is 1. The number of alkyl halides is 3. The van der Waals surface area contributed by atoms with Gasteiger partial charge in [0.2, 0.25) is 0 Å². The van der Waals surface area contributed by atoms with Gasteiger partial charge in [0.05, 0.1) is 0 Å². The maximum absolute atomic E-state index is 12.4. The zero-order chi connectivity index (χ0) is 17.0. The Balaban J connectivity index is 1.83. The first-order chi connectivity index (χ1) is 10.8. The van der Waals surface area contributed by atoms with Gasteiger partial charge in [0.25, 0.3) is 0 Å². The average Bonchev–Trinajstić information content (AvgIpc) is 2.41. The number of hydrogen-bond donors (Lipinski definition) is 2. The van der Waals surface area contributed by atoms with Crippen LogP contribution in [0.3, 0.4) is 0 Å². The molecular weight excluding hydrogens is 311 g/mol. The Hall–Kier alpha value is -1.53. The molecule has 2 atom stereocenters. The highest BCUT2D eigenvalue weighted by molar-refractivity contribution is 5.82. The quantitative estimate of drug-likeness (QED) is 0.555. The van der Waals surface area contributed by atoms with Gasteiger partial charge in [-0.15, -0.1) is 0 Å². The lowest BCUT2D eigenvalue weighted by Gasteiger charge is -2.51. The van der Waals surface area contributed by atoms with Crippen molar-refractivity contribution in [1.82, 2.24) is 5.32 Å². The zero-order valence-electron chi connectivity index (χ0n) is 12.8. The molecule has 0 spiro atoms. The molecule has 4 nitrogen and oxygen atoms in total. The van der Waals surface area contributed by atoms with Crippen molar-refractivity contribution in [3.8, 4) is 0 Å². The van der Waals surface area contributed by atoms with Crippen LogP contribution in [0.15, 0.2) is 12.2 Å². The molecule has 3 saturated carbocycles. The summed E-state index contributed by atoms with van der Waals surface area (Å²) in [5, 5.41) is 10.7. The summed E-state index contributed by atoms with van der Waals surface area (Å²) >= 11 is 0. The second-order valence-corrected chi connectivity index (χ2v) is 6.57. The Morgan fingerprint density at radius 3 is 2.48 bits per heavy atom. The van der Waals surface area contributed by atoms with Crippen LogP contribution in [0.4, 0.5) is 13.2 Å². The van der Waals surface area contributed by atoms with Gasteiger partial charge in [-0.1, -0.05) is 12.2 Å². The molecule has 0 aromatic rings. The third kappa shape index (κ3) is 4.97. The van der Waals surface area contributed by atoms with Crippen LogP contribution in [0, 0.1) is 17.8 Å². The second-order valence-electron chi connectivity index (χ2n) is 6.57. The Morgan fingerprint density at radius 2 is 1.87 bits per heavy atom. The topological polar surface area (TPSA) is 66.4 Å². The predicted octanol–water partition coefficient (Wildman–Crippen LogP) is 3.28. The first-order valence-corrected chi connectivity index (χ1v) is 8.02. The Morgan fingerprint density at radius 1 is 1.17 bits per heavy atom. The molecule has 0 heterocycles. The Kier molecular flexibility index (Phi) is 5.70. The van der Waals surface area contributed by atoms with Crippen molar-refractivity contribution in [3.05, 3.63) is 12.2 Å². The lowest BCUT2D eigenvalue weighted by atomic mass is 9.57. The highest BCUT2D eigenvalue weighted by Crippen LogP contribution is 2.50. The standard InChI is InChI=1S/C16H22F3NO3/c17-16(18,19)15(23)20-13-9-10-7-11(8-10)12(13)5-3-1-2-4-6-14(21)22/h1,3,10-13H,2,4-9H2,(H,20,23)(H,21,22)/b3-1-/t10?,11?,12-,13-/m0/s1. The van der Waals surface area contributed by atoms with E-state index >= 15 is 0 Å². The fourth-order valence-electron chi connectivity index (χ4n) is 3.71. The van der Waals surface area contributed by atoms with Crippen LogP contribution in [0.1, 0.15) is 44.9 Å². The van der Waals surface area contributed by atoms with E-state index in [-0.39, 0.29) is 12.3 Å². The molecule has 2 bridgehead atoms. The lowest BCUT2D eigenvalue weighted by Crippen LogP contribution is -2.55. The molecule has 23 heavy (non-hydrogen) atoms. The smallest absolute Gasteiger partial charge is 0.471 e. The largest absolute Gasteiger partial charge is 0.481 e. The number of carboxylic acid groups (broad SMARTS) is 1. The van der Waals surface area contributed by atoms with Crippen LogP contribution in [0.2, 0.25) is 0 Å². The van der Waals surface area contributed by atoms with Crippen molar-refractivity contribution in [3.63, 3.8) is 0 Å². The van der Waals surface area contributed by atoms with Crippen molar-refractivity contribution in [2.45, 2.75) is 57.2 Å². The number of rotatable bonds is 7. The van der Waals surface area contributed by atoms with E-state index in [0.29, 0.717) is 37.5 Å². The van der Waals surface area contributed by atoms with Gasteiger partial charge in [-0.3, -0.25) is 9.59 Å². The van der Waals surface area contributed by atoms with E-state index in [1.165, 1.54) is 0 Å². The van der Waals surface area contributed by atoms with Crippen molar-refractivity contribution in [2.24, 2.45) is 17.8 Å². The molecule has 0 aromatic heterocycles. The van der Waals surface area contributed by atoms with Gasteiger partial charge in [0.15, 0.2) is 0 Å². The molecular formula is C16H22F3NO3. The van der Waals surface area contributed by atoms with E-state index < -0.39 is 24.1 Å². The monoisotopic (exact) mass is 333 g/mol. The van der Waals surface area contributed by atoms with Crippen LogP contribution in [0.25, 0.3) is 0 Å². The minimum absolute atomic E-state index is 0.0435. The SMILES string of the molecule is O=C(O)CCC/C=C\C[C@H]1C2CC(C2)C[C@@H]1NC(=O)C(F)(F)F. The molecule has 2 N–H and O–H groups in total. The molecule has 0 unspecified atom stereocenters. The maximum atomic E-state index is 12.4. The van der Waals surface area contributed by atoms with E-state index in [4.69, 9.17) is 5.11 Å². The van der Waals surface area contributed by atoms with Gasteiger partial charge in [-0.25, -0.2) is 0 Å². The second kappa shape index (κ2) is 7.36. The molecule has 130 valence electrons. The summed E-state index contributed by atoms with van der Waals surface area (Å²) in [4.78, 5) is 21.6. The summed E-state index contributed by atoms with van der Waals surface area (Å²) in [6, 6.07) is -0.412. The summed E-state index contributed by atoms with van der Waals surface area (Å²) in [5.41, 5.74) is 0. The molecule has 0 saturated heterocycles. The number of carbonyl (C=O) groups is 2. The van der Waals surface area contributed by atoms with Gasteiger partial charge in [-0.2, -0.15) is 13.2 Å². The fraction of sp³-hybridized carbons (Fsp3) is 0.750. The van der Waals surface area contributed by atoms with E-state index in [2.05, 4.69) is 5.32 Å². The molecule has 1 amide bonds. The number of amides is 1. The van der Waals surface area contributed by atoms with Crippen LogP contribution in [0.5, 0.6) is 0 Å². The number of carboxylic acids is 1. The van der Waals surface area contributed by atoms with Crippen molar-refractivity contribution in [2.75, 3.05) is 0 Å². The minimum atomic E-state index is -4.83. The van der Waals surface area contributed by atoms with Crippen molar-refractivity contribution < 1.29 is 27.9 Å². The van der Waals surface area contributed by atoms with Gasteiger partial charge in [0.1, 0.15) is 0 Å². The average molecular weight is 333 g/mol. The van der Waals surface area contributed by atoms with Crippen LogP contribution in [-0.2, 0) is 9.59 Å². The van der Waals surface area contributed by atoms with E-state index in [9.17, 15) is 22.8 Å². The molecule has 0 radical (unpaired) electrons. The van der Waals surface area contributed by atoms with Crippen LogP contribution >= 0.6 is 0 Å². The molecule has 0 aromatic carbocycles. The van der Waals surface area contributed by atoms with Gasteiger partial charge >= 0.3 is 18.1 Å². The van der Waals surface area contributed by atoms with E-state index in [1.807, 2.05) is 12.2 Å². The summed E-state index contributed by atoms with van der Waals surface area (Å²) in [7, 11) is 0. The summed E-state index contributed by atoms with van der Waals surface area (Å²) in [6.07, 6.45) is 3.60. The number of allylic oxidation sites excluding steroid dienone is 2. The first-order valence-electron chi connectivity index (χ1n) is 8.02. The number of hydrogen-bond acceptors (Lipinski definition) is 2. The van der Waals surface area contributed by atoms with Crippen molar-refractivity contribution in [1.29, 1.82) is 0 Å². The fourth-order valence-corrected chi connectivity index (χ4v) is 3.71. The number of unbranched alkanes of at least 4 members (excludes halogenated alkanes) is 1.